The van der Waals surface area contributed by atoms with Gasteiger partial charge in [-0.2, -0.15) is 0 Å². The largest absolute Gasteiger partial charge is 0.383 e. The van der Waals surface area contributed by atoms with Gasteiger partial charge >= 0.3 is 0 Å². The predicted octanol–water partition coefficient (Wildman–Crippen LogP) is 5.89. The second-order valence-electron chi connectivity index (χ2n) is 7.44. The van der Waals surface area contributed by atoms with Crippen LogP contribution in [-0.2, 0) is 25.3 Å². The van der Waals surface area contributed by atoms with E-state index in [-0.39, 0.29) is 0 Å². The van der Waals surface area contributed by atoms with Crippen LogP contribution in [0.25, 0.3) is 10.2 Å². The Kier molecular flexibility index (Phi) is 5.78. The number of thioether (sulfide) groups is 1. The third-order valence-electron chi connectivity index (χ3n) is 5.32. The molecule has 2 N–H and O–H groups in total. The normalized spacial score (nSPS) is 14.2. The SMILES string of the molecule is Nc1nc(SCc2ccc(Br)cc2)nc2sc3c(c12)CCN(Cc1ccccc1)C3. The van der Waals surface area contributed by atoms with E-state index < -0.39 is 0 Å². The van der Waals surface area contributed by atoms with E-state index in [0.717, 1.165) is 51.7 Å². The molecule has 0 saturated carbocycles. The Morgan fingerprint density at radius 1 is 1.03 bits per heavy atom. The predicted molar refractivity (Wildman–Crippen MR) is 130 cm³/mol. The highest BCUT2D eigenvalue weighted by Crippen LogP contribution is 2.38. The topological polar surface area (TPSA) is 55.0 Å². The van der Waals surface area contributed by atoms with Crippen LogP contribution in [0.1, 0.15) is 21.6 Å². The molecule has 0 saturated heterocycles. The van der Waals surface area contributed by atoms with Gasteiger partial charge in [0.15, 0.2) is 5.16 Å². The summed E-state index contributed by atoms with van der Waals surface area (Å²) in [6.45, 7) is 2.96. The zero-order chi connectivity index (χ0) is 20.5. The summed E-state index contributed by atoms with van der Waals surface area (Å²) in [5.41, 5.74) is 10.3. The van der Waals surface area contributed by atoms with E-state index in [1.807, 2.05) is 0 Å². The summed E-state index contributed by atoms with van der Waals surface area (Å²) in [5.74, 6) is 1.45. The Balaban J connectivity index is 1.35. The summed E-state index contributed by atoms with van der Waals surface area (Å²) in [6.07, 6.45) is 1.00. The first-order valence-electron chi connectivity index (χ1n) is 9.87. The highest BCUT2D eigenvalue weighted by Gasteiger charge is 2.24. The number of halogens is 1. The van der Waals surface area contributed by atoms with Gasteiger partial charge in [0.1, 0.15) is 10.6 Å². The van der Waals surface area contributed by atoms with Crippen molar-refractivity contribution < 1.29 is 0 Å². The fraction of sp³-hybridized carbons (Fsp3) is 0.217. The lowest BCUT2D eigenvalue weighted by Crippen LogP contribution is -2.29. The summed E-state index contributed by atoms with van der Waals surface area (Å²) in [5, 5.41) is 1.82. The number of nitrogens with two attached hydrogens (primary N) is 1. The van der Waals surface area contributed by atoms with Crippen LogP contribution in [0.15, 0.2) is 64.2 Å². The number of thiophene rings is 1. The van der Waals surface area contributed by atoms with Crippen molar-refractivity contribution in [2.24, 2.45) is 0 Å². The molecule has 4 nitrogen and oxygen atoms in total. The van der Waals surface area contributed by atoms with Crippen molar-refractivity contribution in [2.45, 2.75) is 30.4 Å². The number of fused-ring (bicyclic) bond motifs is 3. The molecule has 1 aliphatic heterocycles. The van der Waals surface area contributed by atoms with Gasteiger partial charge in [0, 0.05) is 34.7 Å². The molecule has 1 aliphatic rings. The number of nitrogen functional groups attached to an aromatic ring is 1. The molecular weight excluding hydrogens is 476 g/mol. The maximum atomic E-state index is 6.40. The minimum Gasteiger partial charge on any atom is -0.383 e. The molecule has 0 amide bonds. The lowest BCUT2D eigenvalue weighted by Gasteiger charge is -2.26. The molecule has 4 aromatic rings. The molecule has 30 heavy (non-hydrogen) atoms. The number of nitrogens with zero attached hydrogens (tertiary/aromatic N) is 3. The Bertz CT molecular complexity index is 1180. The molecule has 0 atom stereocenters. The van der Waals surface area contributed by atoms with Crippen molar-refractivity contribution in [1.29, 1.82) is 0 Å². The maximum Gasteiger partial charge on any atom is 0.191 e. The number of benzene rings is 2. The molecule has 0 unspecified atom stereocenters. The lowest BCUT2D eigenvalue weighted by atomic mass is 10.0. The fourth-order valence-electron chi connectivity index (χ4n) is 3.83. The van der Waals surface area contributed by atoms with Crippen LogP contribution >= 0.6 is 39.0 Å². The van der Waals surface area contributed by atoms with E-state index in [9.17, 15) is 0 Å². The second-order valence-corrected chi connectivity index (χ2v) is 10.4. The van der Waals surface area contributed by atoms with E-state index in [2.05, 4.69) is 80.4 Å². The third kappa shape index (κ3) is 4.25. The van der Waals surface area contributed by atoms with Gasteiger partial charge in [0.05, 0.1) is 5.39 Å². The van der Waals surface area contributed by atoms with Crippen molar-refractivity contribution in [1.82, 2.24) is 14.9 Å². The molecule has 0 aliphatic carbocycles. The Labute approximate surface area is 192 Å². The standard InChI is InChI=1S/C23H21BrN4S2/c24-17-8-6-16(7-9-17)14-29-23-26-21(25)20-18-10-11-28(12-15-4-2-1-3-5-15)13-19(18)30-22(20)27-23/h1-9H,10-14H2,(H2,25,26,27). The Hall–Kier alpha value is -1.93. The maximum absolute atomic E-state index is 6.40. The molecular formula is C23H21BrN4S2. The number of rotatable bonds is 5. The summed E-state index contributed by atoms with van der Waals surface area (Å²) in [4.78, 5) is 14.4. The molecule has 2 aromatic heterocycles. The van der Waals surface area contributed by atoms with Crippen molar-refractivity contribution in [2.75, 3.05) is 12.3 Å². The van der Waals surface area contributed by atoms with Crippen LogP contribution < -0.4 is 5.73 Å². The van der Waals surface area contributed by atoms with Gasteiger partial charge in [-0.1, -0.05) is 70.2 Å². The summed E-state index contributed by atoms with van der Waals surface area (Å²) < 4.78 is 1.09. The summed E-state index contributed by atoms with van der Waals surface area (Å²) in [7, 11) is 0. The zero-order valence-electron chi connectivity index (χ0n) is 16.3. The average Bonchev–Trinajstić information content (AvgIpc) is 3.12. The fourth-order valence-corrected chi connectivity index (χ4v) is 6.22. The van der Waals surface area contributed by atoms with E-state index >= 15 is 0 Å². The second kappa shape index (κ2) is 8.67. The minimum absolute atomic E-state index is 0.618. The average molecular weight is 497 g/mol. The quantitative estimate of drug-likeness (QED) is 0.275. The molecule has 5 rings (SSSR count). The van der Waals surface area contributed by atoms with Gasteiger partial charge in [-0.05, 0) is 35.2 Å². The third-order valence-corrected chi connectivity index (χ3v) is 7.87. The summed E-state index contributed by atoms with van der Waals surface area (Å²) >= 11 is 6.89. The number of anilines is 1. The smallest absolute Gasteiger partial charge is 0.191 e. The van der Waals surface area contributed by atoms with Crippen LogP contribution in [0.3, 0.4) is 0 Å². The van der Waals surface area contributed by atoms with E-state index in [0.29, 0.717) is 5.82 Å². The first-order chi connectivity index (χ1) is 14.7. The van der Waals surface area contributed by atoms with Gasteiger partial charge in [0.2, 0.25) is 0 Å². The van der Waals surface area contributed by atoms with Crippen LogP contribution in [0.2, 0.25) is 0 Å². The zero-order valence-corrected chi connectivity index (χ0v) is 19.6. The first kappa shape index (κ1) is 20.0. The van der Waals surface area contributed by atoms with E-state index in [1.54, 1.807) is 23.1 Å². The highest BCUT2D eigenvalue weighted by molar-refractivity contribution is 9.10. The van der Waals surface area contributed by atoms with Crippen molar-refractivity contribution in [3.63, 3.8) is 0 Å². The Morgan fingerprint density at radius 3 is 2.63 bits per heavy atom. The molecule has 3 heterocycles. The molecule has 2 aromatic carbocycles. The lowest BCUT2D eigenvalue weighted by molar-refractivity contribution is 0.249. The van der Waals surface area contributed by atoms with Crippen molar-refractivity contribution in [3.8, 4) is 0 Å². The van der Waals surface area contributed by atoms with Crippen LogP contribution in [0.4, 0.5) is 5.82 Å². The van der Waals surface area contributed by atoms with Crippen molar-refractivity contribution >= 4 is 55.1 Å². The molecule has 0 fully saturated rings. The van der Waals surface area contributed by atoms with Gasteiger partial charge in [0.25, 0.3) is 0 Å². The number of aromatic nitrogens is 2. The van der Waals surface area contributed by atoms with Crippen LogP contribution in [0, 0.1) is 0 Å². The summed E-state index contributed by atoms with van der Waals surface area (Å²) in [6, 6.07) is 19.0. The van der Waals surface area contributed by atoms with E-state index in [1.165, 1.54) is 21.6 Å². The molecule has 152 valence electrons. The number of hydrogen-bond acceptors (Lipinski definition) is 6. The highest BCUT2D eigenvalue weighted by atomic mass is 79.9. The number of hydrogen-bond donors (Lipinski definition) is 1. The van der Waals surface area contributed by atoms with Gasteiger partial charge in [-0.3, -0.25) is 4.90 Å². The van der Waals surface area contributed by atoms with E-state index in [4.69, 9.17) is 10.7 Å². The Morgan fingerprint density at radius 2 is 1.83 bits per heavy atom. The van der Waals surface area contributed by atoms with Crippen LogP contribution in [0.5, 0.6) is 0 Å². The molecule has 0 spiro atoms. The molecule has 0 bridgehead atoms. The molecule has 7 heteroatoms. The monoisotopic (exact) mass is 496 g/mol. The molecule has 0 radical (unpaired) electrons. The first-order valence-corrected chi connectivity index (χ1v) is 12.5. The van der Waals surface area contributed by atoms with Crippen molar-refractivity contribution in [3.05, 3.63) is 80.6 Å². The van der Waals surface area contributed by atoms with Gasteiger partial charge in [-0.25, -0.2) is 9.97 Å². The van der Waals surface area contributed by atoms with Crippen LogP contribution in [-0.4, -0.2) is 21.4 Å². The van der Waals surface area contributed by atoms with Gasteiger partial charge < -0.3 is 5.73 Å². The van der Waals surface area contributed by atoms with Gasteiger partial charge in [-0.15, -0.1) is 11.3 Å². The minimum atomic E-state index is 0.618.